The highest BCUT2D eigenvalue weighted by Gasteiger charge is 2.28. The number of hydrogen-bond acceptors (Lipinski definition) is 7. The second kappa shape index (κ2) is 12.2. The number of hydrazone groups is 1. The average molecular weight is 539 g/mol. The van der Waals surface area contributed by atoms with Crippen LogP contribution >= 0.6 is 0 Å². The molecular formula is C27H30N4O6S. The van der Waals surface area contributed by atoms with Gasteiger partial charge in [-0.2, -0.15) is 5.10 Å². The quantitative estimate of drug-likeness (QED) is 0.299. The van der Waals surface area contributed by atoms with Crippen molar-refractivity contribution in [2.75, 3.05) is 30.4 Å². The number of rotatable bonds is 10. The monoisotopic (exact) mass is 538 g/mol. The van der Waals surface area contributed by atoms with Crippen LogP contribution in [0.15, 0.2) is 76.7 Å². The highest BCUT2D eigenvalue weighted by Crippen LogP contribution is 2.33. The first-order valence-corrected chi connectivity index (χ1v) is 13.0. The Hall–Kier alpha value is -4.38. The summed E-state index contributed by atoms with van der Waals surface area (Å²) in [6.45, 7) is 4.39. The predicted molar refractivity (Wildman–Crippen MR) is 146 cm³/mol. The molecule has 0 atom stereocenters. The maximum absolute atomic E-state index is 13.6. The van der Waals surface area contributed by atoms with Crippen LogP contribution in [0.3, 0.4) is 0 Å². The molecule has 2 amide bonds. The first kappa shape index (κ1) is 28.2. The molecule has 10 nitrogen and oxygen atoms in total. The van der Waals surface area contributed by atoms with Crippen molar-refractivity contribution in [3.8, 4) is 11.5 Å². The fourth-order valence-corrected chi connectivity index (χ4v) is 4.95. The number of sulfonamides is 1. The Labute approximate surface area is 222 Å². The number of hydrogen-bond donors (Lipinski definition) is 2. The lowest BCUT2D eigenvalue weighted by molar-refractivity contribution is -0.119. The normalized spacial score (nSPS) is 11.4. The second-order valence-corrected chi connectivity index (χ2v) is 10.2. The number of amides is 2. The fourth-order valence-electron chi connectivity index (χ4n) is 3.53. The summed E-state index contributed by atoms with van der Waals surface area (Å²) in [6, 6.07) is 17.9. The number of nitrogens with one attached hydrogen (secondary N) is 2. The smallest absolute Gasteiger partial charge is 0.264 e. The van der Waals surface area contributed by atoms with Crippen LogP contribution in [0.1, 0.15) is 25.0 Å². The molecule has 0 radical (unpaired) electrons. The van der Waals surface area contributed by atoms with E-state index in [-0.39, 0.29) is 16.5 Å². The molecule has 0 saturated heterocycles. The summed E-state index contributed by atoms with van der Waals surface area (Å²) >= 11 is 0. The van der Waals surface area contributed by atoms with Crippen LogP contribution in [0.2, 0.25) is 0 Å². The van der Waals surface area contributed by atoms with E-state index in [1.165, 1.54) is 45.4 Å². The maximum Gasteiger partial charge on any atom is 0.264 e. The van der Waals surface area contributed by atoms with E-state index in [2.05, 4.69) is 15.8 Å². The molecule has 0 fully saturated rings. The first-order valence-electron chi connectivity index (χ1n) is 11.6. The van der Waals surface area contributed by atoms with Crippen molar-refractivity contribution >= 4 is 38.9 Å². The third-order valence-electron chi connectivity index (χ3n) is 5.50. The maximum atomic E-state index is 13.6. The van der Waals surface area contributed by atoms with Gasteiger partial charge in [0.15, 0.2) is 11.5 Å². The summed E-state index contributed by atoms with van der Waals surface area (Å²) in [7, 11) is -1.22. The van der Waals surface area contributed by atoms with Crippen molar-refractivity contribution in [2.24, 2.45) is 5.10 Å². The summed E-state index contributed by atoms with van der Waals surface area (Å²) in [5.74, 6) is -0.152. The first-order chi connectivity index (χ1) is 18.0. The number of carbonyl (C=O) groups is 2. The SMILES string of the molecule is COc1ccc(N(CC(=O)N/N=C(/C)c2cccc(NC(C)=O)c2)S(=O)(=O)c2ccc(C)cc2)cc1OC. The van der Waals surface area contributed by atoms with E-state index >= 15 is 0 Å². The third-order valence-corrected chi connectivity index (χ3v) is 7.29. The largest absolute Gasteiger partial charge is 0.493 e. The van der Waals surface area contributed by atoms with Crippen molar-refractivity contribution in [3.63, 3.8) is 0 Å². The Morgan fingerprint density at radius 3 is 2.24 bits per heavy atom. The molecule has 0 heterocycles. The van der Waals surface area contributed by atoms with E-state index in [0.29, 0.717) is 28.5 Å². The van der Waals surface area contributed by atoms with Gasteiger partial charge in [0.05, 0.1) is 30.5 Å². The minimum absolute atomic E-state index is 0.0279. The van der Waals surface area contributed by atoms with Gasteiger partial charge in [-0.3, -0.25) is 13.9 Å². The van der Waals surface area contributed by atoms with E-state index in [9.17, 15) is 18.0 Å². The number of benzene rings is 3. The Morgan fingerprint density at radius 2 is 1.61 bits per heavy atom. The molecule has 3 aromatic rings. The van der Waals surface area contributed by atoms with E-state index in [1.807, 2.05) is 6.92 Å². The van der Waals surface area contributed by atoms with Crippen LogP contribution in [0, 0.1) is 6.92 Å². The van der Waals surface area contributed by atoms with Crippen LogP contribution in [-0.2, 0) is 19.6 Å². The number of carbonyl (C=O) groups excluding carboxylic acids is 2. The van der Waals surface area contributed by atoms with Gasteiger partial charge < -0.3 is 14.8 Å². The van der Waals surface area contributed by atoms with Crippen molar-refractivity contribution < 1.29 is 27.5 Å². The highest BCUT2D eigenvalue weighted by molar-refractivity contribution is 7.92. The van der Waals surface area contributed by atoms with Gasteiger partial charge in [-0.25, -0.2) is 13.8 Å². The molecule has 0 aliphatic heterocycles. The summed E-state index contributed by atoms with van der Waals surface area (Å²) in [5.41, 5.74) is 5.24. The lowest BCUT2D eigenvalue weighted by Crippen LogP contribution is -2.39. The Morgan fingerprint density at radius 1 is 0.921 bits per heavy atom. The number of ether oxygens (including phenoxy) is 2. The van der Waals surface area contributed by atoms with Gasteiger partial charge in [-0.05, 0) is 55.8 Å². The van der Waals surface area contributed by atoms with Crippen LogP contribution < -0.4 is 24.5 Å². The van der Waals surface area contributed by atoms with Gasteiger partial charge in [0.25, 0.3) is 15.9 Å². The molecule has 0 aromatic heterocycles. The van der Waals surface area contributed by atoms with Gasteiger partial charge in [-0.15, -0.1) is 0 Å². The zero-order chi connectivity index (χ0) is 27.9. The number of nitrogens with zero attached hydrogens (tertiary/aromatic N) is 2. The summed E-state index contributed by atoms with van der Waals surface area (Å²) < 4.78 is 38.8. The number of methoxy groups -OCH3 is 2. The van der Waals surface area contributed by atoms with E-state index in [1.54, 1.807) is 49.4 Å². The van der Waals surface area contributed by atoms with Gasteiger partial charge >= 0.3 is 0 Å². The molecule has 200 valence electrons. The van der Waals surface area contributed by atoms with Crippen LogP contribution in [0.25, 0.3) is 0 Å². The van der Waals surface area contributed by atoms with Crippen molar-refractivity contribution in [3.05, 3.63) is 77.9 Å². The fraction of sp³-hybridized carbons (Fsp3) is 0.222. The Bertz CT molecular complexity index is 1450. The molecule has 2 N–H and O–H groups in total. The molecular weight excluding hydrogens is 508 g/mol. The zero-order valence-electron chi connectivity index (χ0n) is 21.8. The minimum atomic E-state index is -4.13. The molecule has 11 heteroatoms. The Kier molecular flexibility index (Phi) is 9.08. The lowest BCUT2D eigenvalue weighted by Gasteiger charge is -2.24. The molecule has 3 rings (SSSR count). The molecule has 38 heavy (non-hydrogen) atoms. The second-order valence-electron chi connectivity index (χ2n) is 8.36. The minimum Gasteiger partial charge on any atom is -0.493 e. The lowest BCUT2D eigenvalue weighted by atomic mass is 10.1. The molecule has 0 unspecified atom stereocenters. The molecule has 0 aliphatic rings. The molecule has 0 saturated carbocycles. The molecule has 0 aliphatic carbocycles. The van der Waals surface area contributed by atoms with E-state index < -0.39 is 22.5 Å². The van der Waals surface area contributed by atoms with E-state index in [4.69, 9.17) is 9.47 Å². The van der Waals surface area contributed by atoms with Gasteiger partial charge in [-0.1, -0.05) is 29.8 Å². The summed E-state index contributed by atoms with van der Waals surface area (Å²) in [6.07, 6.45) is 0. The van der Waals surface area contributed by atoms with Crippen LogP contribution in [0.4, 0.5) is 11.4 Å². The van der Waals surface area contributed by atoms with Gasteiger partial charge in [0.2, 0.25) is 5.91 Å². The average Bonchev–Trinajstić information content (AvgIpc) is 2.89. The summed E-state index contributed by atoms with van der Waals surface area (Å²) in [5, 5.41) is 6.82. The third kappa shape index (κ3) is 6.88. The van der Waals surface area contributed by atoms with Crippen LogP contribution in [-0.4, -0.2) is 46.7 Å². The van der Waals surface area contributed by atoms with E-state index in [0.717, 1.165) is 9.87 Å². The highest BCUT2D eigenvalue weighted by atomic mass is 32.2. The van der Waals surface area contributed by atoms with Gasteiger partial charge in [0, 0.05) is 18.7 Å². The zero-order valence-corrected chi connectivity index (χ0v) is 22.6. The van der Waals surface area contributed by atoms with Crippen molar-refractivity contribution in [1.29, 1.82) is 0 Å². The van der Waals surface area contributed by atoms with Crippen molar-refractivity contribution in [1.82, 2.24) is 5.43 Å². The number of anilines is 2. The number of aryl methyl sites for hydroxylation is 1. The molecule has 3 aromatic carbocycles. The topological polar surface area (TPSA) is 126 Å². The summed E-state index contributed by atoms with van der Waals surface area (Å²) in [4.78, 5) is 24.3. The molecule has 0 bridgehead atoms. The molecule has 0 spiro atoms. The Balaban J connectivity index is 1.91. The standard InChI is InChI=1S/C27H30N4O6S/c1-18-9-12-24(13-10-18)38(34,35)31(23-11-14-25(36-4)26(16-23)37-5)17-27(33)30-29-19(2)21-7-6-8-22(15-21)28-20(3)32/h6-16H,17H2,1-5H3,(H,28,32)(H,30,33)/b29-19-. The van der Waals surface area contributed by atoms with Crippen molar-refractivity contribution in [2.45, 2.75) is 25.7 Å². The van der Waals surface area contributed by atoms with Crippen LogP contribution in [0.5, 0.6) is 11.5 Å². The predicted octanol–water partition coefficient (Wildman–Crippen LogP) is 3.71. The van der Waals surface area contributed by atoms with Gasteiger partial charge in [0.1, 0.15) is 6.54 Å².